The number of nitrogens with one attached hydrogen (secondary N) is 1. The topological polar surface area (TPSA) is 110 Å². The molecule has 186 valence electrons. The maximum Gasteiger partial charge on any atom is 0.331 e. The van der Waals surface area contributed by atoms with Gasteiger partial charge in [-0.3, -0.25) is 9.59 Å². The first kappa shape index (κ1) is 26.3. The first-order valence-electron chi connectivity index (χ1n) is 11.6. The van der Waals surface area contributed by atoms with Gasteiger partial charge >= 0.3 is 5.97 Å². The fourth-order valence-electron chi connectivity index (χ4n) is 3.67. The Bertz CT molecular complexity index is 1200. The highest BCUT2D eigenvalue weighted by atomic mass is 32.2. The monoisotopic (exact) mass is 498 g/mol. The Morgan fingerprint density at radius 3 is 2.29 bits per heavy atom. The molecule has 1 fully saturated rings. The fraction of sp³-hybridized carbons (Fsp3) is 0.346. The summed E-state index contributed by atoms with van der Waals surface area (Å²) in [5, 5.41) is 2.61. The van der Waals surface area contributed by atoms with Crippen molar-refractivity contribution in [2.45, 2.75) is 50.5 Å². The van der Waals surface area contributed by atoms with Crippen LogP contribution < -0.4 is 5.32 Å². The molecule has 0 spiro atoms. The molecule has 8 nitrogen and oxygen atoms in total. The number of amides is 1. The standard InChI is InChI=1S/C26H30N2O6S/c1-19(29)22-8-7-9-23(18-22)27-26(31)20(2)34-25(30)15-12-21-10-13-24(14-11-21)35(32,33)28-16-5-3-4-6-17-28/h7-15,18,20H,3-6,16-17H2,1-2H3,(H,27,31)/b15-12+. The Morgan fingerprint density at radius 1 is 1.00 bits per heavy atom. The molecular weight excluding hydrogens is 468 g/mol. The summed E-state index contributed by atoms with van der Waals surface area (Å²) in [6.07, 6.45) is 5.42. The molecule has 35 heavy (non-hydrogen) atoms. The second kappa shape index (κ2) is 11.9. The van der Waals surface area contributed by atoms with Gasteiger partial charge in [0.05, 0.1) is 4.90 Å². The number of esters is 1. The molecule has 1 N–H and O–H groups in total. The molecule has 2 aromatic rings. The second-order valence-electron chi connectivity index (χ2n) is 8.43. The van der Waals surface area contributed by atoms with Crippen LogP contribution >= 0.6 is 0 Å². The molecule has 9 heteroatoms. The van der Waals surface area contributed by atoms with E-state index < -0.39 is 28.0 Å². The predicted octanol–water partition coefficient (Wildman–Crippen LogP) is 4.04. The van der Waals surface area contributed by atoms with E-state index >= 15 is 0 Å². The number of hydrogen-bond acceptors (Lipinski definition) is 6. The number of benzene rings is 2. The molecule has 1 amide bonds. The van der Waals surface area contributed by atoms with Crippen molar-refractivity contribution >= 4 is 39.4 Å². The van der Waals surface area contributed by atoms with E-state index in [9.17, 15) is 22.8 Å². The Labute approximate surface area is 206 Å². The number of hydrogen-bond donors (Lipinski definition) is 1. The van der Waals surface area contributed by atoms with Gasteiger partial charge in [-0.2, -0.15) is 4.31 Å². The largest absolute Gasteiger partial charge is 0.449 e. The highest BCUT2D eigenvalue weighted by molar-refractivity contribution is 7.89. The molecule has 1 heterocycles. The summed E-state index contributed by atoms with van der Waals surface area (Å²) in [6, 6.07) is 12.8. The smallest absolute Gasteiger partial charge is 0.331 e. The zero-order valence-electron chi connectivity index (χ0n) is 19.9. The van der Waals surface area contributed by atoms with Gasteiger partial charge in [0.2, 0.25) is 10.0 Å². The van der Waals surface area contributed by atoms with E-state index in [1.165, 1.54) is 42.4 Å². The molecule has 1 unspecified atom stereocenters. The van der Waals surface area contributed by atoms with E-state index in [1.54, 1.807) is 36.4 Å². The number of carbonyl (C=O) groups excluding carboxylic acids is 3. The van der Waals surface area contributed by atoms with E-state index in [0.29, 0.717) is 29.9 Å². The fourth-order valence-corrected chi connectivity index (χ4v) is 5.19. The molecule has 3 rings (SSSR count). The van der Waals surface area contributed by atoms with Gasteiger partial charge in [0, 0.05) is 30.4 Å². The van der Waals surface area contributed by atoms with Gasteiger partial charge in [-0.05, 0) is 62.6 Å². The average molecular weight is 499 g/mol. The molecule has 2 aromatic carbocycles. The Balaban J connectivity index is 1.55. The summed E-state index contributed by atoms with van der Waals surface area (Å²) < 4.78 is 32.4. The number of anilines is 1. The van der Waals surface area contributed by atoms with Crippen molar-refractivity contribution in [1.29, 1.82) is 0 Å². The number of rotatable bonds is 8. The van der Waals surface area contributed by atoms with Crippen molar-refractivity contribution < 1.29 is 27.5 Å². The van der Waals surface area contributed by atoms with Crippen LogP contribution in [0.5, 0.6) is 0 Å². The van der Waals surface area contributed by atoms with E-state index in [-0.39, 0.29) is 10.7 Å². The highest BCUT2D eigenvalue weighted by Crippen LogP contribution is 2.21. The molecule has 1 aliphatic heterocycles. The number of Topliss-reactive ketones (excluding diaryl/α,β-unsaturated/α-hetero) is 1. The van der Waals surface area contributed by atoms with Crippen LogP contribution in [-0.4, -0.2) is 49.6 Å². The van der Waals surface area contributed by atoms with Crippen LogP contribution in [0.3, 0.4) is 0 Å². The van der Waals surface area contributed by atoms with Gasteiger partial charge < -0.3 is 10.1 Å². The Hall–Kier alpha value is -3.30. The molecule has 0 aromatic heterocycles. The molecule has 1 aliphatic rings. The summed E-state index contributed by atoms with van der Waals surface area (Å²) in [5.74, 6) is -1.37. The molecule has 0 bridgehead atoms. The van der Waals surface area contributed by atoms with Gasteiger partial charge in [-0.25, -0.2) is 13.2 Å². The van der Waals surface area contributed by atoms with E-state index in [4.69, 9.17) is 4.74 Å². The maximum atomic E-state index is 12.9. The molecule has 0 saturated carbocycles. The number of sulfonamides is 1. The lowest BCUT2D eigenvalue weighted by Gasteiger charge is -2.19. The number of nitrogens with zero attached hydrogens (tertiary/aromatic N) is 1. The predicted molar refractivity (Wildman–Crippen MR) is 133 cm³/mol. The first-order valence-corrected chi connectivity index (χ1v) is 13.0. The molecule has 0 aliphatic carbocycles. The van der Waals surface area contributed by atoms with Crippen molar-refractivity contribution in [3.63, 3.8) is 0 Å². The van der Waals surface area contributed by atoms with Gasteiger partial charge in [-0.1, -0.05) is 37.1 Å². The van der Waals surface area contributed by atoms with Crippen molar-refractivity contribution in [3.8, 4) is 0 Å². The minimum absolute atomic E-state index is 0.127. The molecule has 0 radical (unpaired) electrons. The lowest BCUT2D eigenvalue weighted by molar-refractivity contribution is -0.148. The Kier molecular flexibility index (Phi) is 8.95. The minimum Gasteiger partial charge on any atom is -0.449 e. The third-order valence-corrected chi connectivity index (χ3v) is 7.61. The zero-order valence-corrected chi connectivity index (χ0v) is 20.7. The van der Waals surface area contributed by atoms with Gasteiger partial charge in [-0.15, -0.1) is 0 Å². The van der Waals surface area contributed by atoms with Crippen LogP contribution in [0.25, 0.3) is 6.08 Å². The van der Waals surface area contributed by atoms with Gasteiger partial charge in [0.15, 0.2) is 11.9 Å². The van der Waals surface area contributed by atoms with Crippen molar-refractivity contribution in [1.82, 2.24) is 4.31 Å². The maximum absolute atomic E-state index is 12.9. The minimum atomic E-state index is -3.54. The summed E-state index contributed by atoms with van der Waals surface area (Å²) in [7, 11) is -3.54. The van der Waals surface area contributed by atoms with Crippen molar-refractivity contribution in [2.75, 3.05) is 18.4 Å². The van der Waals surface area contributed by atoms with Crippen LogP contribution in [-0.2, 0) is 24.3 Å². The molecule has 1 atom stereocenters. The first-order chi connectivity index (χ1) is 16.7. The summed E-state index contributed by atoms with van der Waals surface area (Å²) in [5.41, 5.74) is 1.51. The van der Waals surface area contributed by atoms with E-state index in [0.717, 1.165) is 25.7 Å². The van der Waals surface area contributed by atoms with Crippen LogP contribution in [0, 0.1) is 0 Å². The number of ether oxygens (including phenoxy) is 1. The third-order valence-electron chi connectivity index (χ3n) is 5.69. The SMILES string of the molecule is CC(=O)c1cccc(NC(=O)C(C)OC(=O)/C=C/c2ccc(S(=O)(=O)N3CCCCCC3)cc2)c1. The highest BCUT2D eigenvalue weighted by Gasteiger charge is 2.24. The third kappa shape index (κ3) is 7.34. The van der Waals surface area contributed by atoms with Gasteiger partial charge in [0.25, 0.3) is 5.91 Å². The van der Waals surface area contributed by atoms with Crippen LogP contribution in [0.4, 0.5) is 5.69 Å². The van der Waals surface area contributed by atoms with E-state index in [1.807, 2.05) is 0 Å². The molecule has 1 saturated heterocycles. The van der Waals surface area contributed by atoms with E-state index in [2.05, 4.69) is 5.32 Å². The second-order valence-corrected chi connectivity index (χ2v) is 10.4. The molecular formula is C26H30N2O6S. The lowest BCUT2D eigenvalue weighted by atomic mass is 10.1. The average Bonchev–Trinajstić information content (AvgIpc) is 3.13. The summed E-state index contributed by atoms with van der Waals surface area (Å²) in [6.45, 7) is 3.94. The van der Waals surface area contributed by atoms with Crippen LogP contribution in [0.1, 0.15) is 55.5 Å². The Morgan fingerprint density at radius 2 is 1.66 bits per heavy atom. The normalized spacial score (nSPS) is 15.8. The number of ketones is 1. The van der Waals surface area contributed by atoms with Gasteiger partial charge in [0.1, 0.15) is 0 Å². The lowest BCUT2D eigenvalue weighted by Crippen LogP contribution is -2.31. The van der Waals surface area contributed by atoms with Crippen molar-refractivity contribution in [2.24, 2.45) is 0 Å². The quantitative estimate of drug-likeness (QED) is 0.334. The van der Waals surface area contributed by atoms with Crippen LogP contribution in [0.2, 0.25) is 0 Å². The summed E-state index contributed by atoms with van der Waals surface area (Å²) in [4.78, 5) is 36.2. The zero-order chi connectivity index (χ0) is 25.4. The number of carbonyl (C=O) groups is 3. The summed E-state index contributed by atoms with van der Waals surface area (Å²) >= 11 is 0. The van der Waals surface area contributed by atoms with Crippen LogP contribution in [0.15, 0.2) is 59.5 Å². The van der Waals surface area contributed by atoms with Crippen molar-refractivity contribution in [3.05, 3.63) is 65.7 Å².